The third kappa shape index (κ3) is 3.79. The first-order valence-electron chi connectivity index (χ1n) is 5.29. The van der Waals surface area contributed by atoms with E-state index in [2.05, 4.69) is 31.3 Å². The third-order valence-corrected chi connectivity index (χ3v) is 2.10. The van der Waals surface area contributed by atoms with Crippen molar-refractivity contribution in [1.82, 2.24) is 5.32 Å². The lowest BCUT2D eigenvalue weighted by atomic mass is 10.2. The Morgan fingerprint density at radius 3 is 2.86 bits per heavy atom. The Balaban J connectivity index is 2.34. The number of likely N-dealkylation sites (N-methyl/N-ethyl adjacent to an activating group) is 1. The maximum atomic E-state index is 5.59. The van der Waals surface area contributed by atoms with Crippen molar-refractivity contribution in [2.75, 3.05) is 19.7 Å². The number of nitrogens with one attached hydrogen (secondary N) is 1. The van der Waals surface area contributed by atoms with Crippen molar-refractivity contribution in [3.05, 3.63) is 29.8 Å². The highest BCUT2D eigenvalue weighted by Gasteiger charge is 1.94. The van der Waals surface area contributed by atoms with Crippen LogP contribution < -0.4 is 10.1 Å². The summed E-state index contributed by atoms with van der Waals surface area (Å²) >= 11 is 0. The maximum Gasteiger partial charge on any atom is 0.119 e. The predicted octanol–water partition coefficient (Wildman–Crippen LogP) is 2.24. The van der Waals surface area contributed by atoms with Crippen LogP contribution in [-0.4, -0.2) is 19.7 Å². The van der Waals surface area contributed by atoms with Crippen molar-refractivity contribution in [1.29, 1.82) is 0 Å². The molecule has 0 heterocycles. The Morgan fingerprint density at radius 1 is 1.29 bits per heavy atom. The van der Waals surface area contributed by atoms with Crippen molar-refractivity contribution in [3.8, 4) is 5.75 Å². The Hall–Kier alpha value is -1.02. The molecule has 0 aliphatic heterocycles. The minimum atomic E-state index is 0.737. The van der Waals surface area contributed by atoms with E-state index in [9.17, 15) is 0 Å². The van der Waals surface area contributed by atoms with Crippen molar-refractivity contribution < 1.29 is 4.74 Å². The van der Waals surface area contributed by atoms with Crippen LogP contribution in [0.25, 0.3) is 0 Å². The second-order valence-electron chi connectivity index (χ2n) is 3.20. The van der Waals surface area contributed by atoms with Gasteiger partial charge in [-0.3, -0.25) is 0 Å². The normalized spacial score (nSPS) is 10.1. The molecule has 0 spiro atoms. The van der Waals surface area contributed by atoms with E-state index in [1.54, 1.807) is 0 Å². The van der Waals surface area contributed by atoms with Gasteiger partial charge in [-0.1, -0.05) is 26.0 Å². The van der Waals surface area contributed by atoms with Crippen LogP contribution in [0.5, 0.6) is 5.75 Å². The molecule has 1 N–H and O–H groups in total. The van der Waals surface area contributed by atoms with E-state index in [0.29, 0.717) is 0 Å². The molecule has 0 radical (unpaired) electrons. The zero-order valence-electron chi connectivity index (χ0n) is 9.05. The molecule has 2 heteroatoms. The first kappa shape index (κ1) is 11.1. The molecule has 0 atom stereocenters. The molecule has 0 fully saturated rings. The van der Waals surface area contributed by atoms with E-state index in [1.807, 2.05) is 12.1 Å². The molecule has 0 saturated heterocycles. The lowest BCUT2D eigenvalue weighted by molar-refractivity contribution is 0.315. The molecule has 0 aliphatic rings. The van der Waals surface area contributed by atoms with Gasteiger partial charge in [0, 0.05) is 6.54 Å². The summed E-state index contributed by atoms with van der Waals surface area (Å²) in [7, 11) is 0. The van der Waals surface area contributed by atoms with Gasteiger partial charge in [-0.2, -0.15) is 0 Å². The molecule has 0 amide bonds. The van der Waals surface area contributed by atoms with Gasteiger partial charge in [0.1, 0.15) is 12.4 Å². The van der Waals surface area contributed by atoms with Gasteiger partial charge in [-0.15, -0.1) is 0 Å². The number of benzene rings is 1. The Bertz CT molecular complexity index is 260. The van der Waals surface area contributed by atoms with Crippen LogP contribution in [0.1, 0.15) is 19.4 Å². The van der Waals surface area contributed by atoms with Crippen LogP contribution in [-0.2, 0) is 6.42 Å². The monoisotopic (exact) mass is 193 g/mol. The number of aryl methyl sites for hydroxylation is 1. The fraction of sp³-hybridized carbons (Fsp3) is 0.500. The summed E-state index contributed by atoms with van der Waals surface area (Å²) in [4.78, 5) is 0. The molecule has 1 rings (SSSR count). The average Bonchev–Trinajstić information content (AvgIpc) is 2.25. The highest BCUT2D eigenvalue weighted by molar-refractivity contribution is 5.28. The highest BCUT2D eigenvalue weighted by Crippen LogP contribution is 2.13. The molecule has 0 bridgehead atoms. The minimum absolute atomic E-state index is 0.737. The summed E-state index contributed by atoms with van der Waals surface area (Å²) in [5, 5.41) is 3.22. The quantitative estimate of drug-likeness (QED) is 0.700. The lowest BCUT2D eigenvalue weighted by Crippen LogP contribution is -2.20. The molecule has 1 aromatic rings. The molecule has 0 aliphatic carbocycles. The van der Waals surface area contributed by atoms with Crippen LogP contribution in [0.2, 0.25) is 0 Å². The average molecular weight is 193 g/mol. The van der Waals surface area contributed by atoms with Crippen LogP contribution in [0.3, 0.4) is 0 Å². The highest BCUT2D eigenvalue weighted by atomic mass is 16.5. The first-order chi connectivity index (χ1) is 6.86. The Labute approximate surface area is 86.3 Å². The summed E-state index contributed by atoms with van der Waals surface area (Å²) in [5.41, 5.74) is 1.32. The maximum absolute atomic E-state index is 5.59. The topological polar surface area (TPSA) is 21.3 Å². The van der Waals surface area contributed by atoms with Gasteiger partial charge in [0.25, 0.3) is 0 Å². The molecule has 0 aromatic heterocycles. The molecule has 0 unspecified atom stereocenters. The van der Waals surface area contributed by atoms with Crippen molar-refractivity contribution in [2.24, 2.45) is 0 Å². The largest absolute Gasteiger partial charge is 0.492 e. The zero-order valence-corrected chi connectivity index (χ0v) is 9.05. The molecular formula is C12H19NO. The Kier molecular flexibility index (Phi) is 5.08. The van der Waals surface area contributed by atoms with Crippen molar-refractivity contribution in [2.45, 2.75) is 20.3 Å². The van der Waals surface area contributed by atoms with Gasteiger partial charge in [0.15, 0.2) is 0 Å². The standard InChI is InChI=1S/C12H19NO/c1-3-11-6-5-7-12(10-11)14-9-8-13-4-2/h5-7,10,13H,3-4,8-9H2,1-2H3. The second kappa shape index (κ2) is 6.44. The number of hydrogen-bond donors (Lipinski definition) is 1. The SMILES string of the molecule is CCNCCOc1cccc(CC)c1. The number of hydrogen-bond acceptors (Lipinski definition) is 2. The number of ether oxygens (including phenoxy) is 1. The van der Waals surface area contributed by atoms with Crippen LogP contribution in [0.15, 0.2) is 24.3 Å². The Morgan fingerprint density at radius 2 is 2.14 bits per heavy atom. The molecule has 0 saturated carbocycles. The van der Waals surface area contributed by atoms with E-state index in [0.717, 1.165) is 31.9 Å². The summed E-state index contributed by atoms with van der Waals surface area (Å²) in [6, 6.07) is 8.27. The summed E-state index contributed by atoms with van der Waals surface area (Å²) < 4.78 is 5.59. The lowest BCUT2D eigenvalue weighted by Gasteiger charge is -2.07. The van der Waals surface area contributed by atoms with Gasteiger partial charge in [0.2, 0.25) is 0 Å². The first-order valence-corrected chi connectivity index (χ1v) is 5.29. The van der Waals surface area contributed by atoms with E-state index in [1.165, 1.54) is 5.56 Å². The van der Waals surface area contributed by atoms with Crippen LogP contribution in [0, 0.1) is 0 Å². The van der Waals surface area contributed by atoms with Crippen molar-refractivity contribution >= 4 is 0 Å². The van der Waals surface area contributed by atoms with Gasteiger partial charge >= 0.3 is 0 Å². The summed E-state index contributed by atoms with van der Waals surface area (Å²) in [5.74, 6) is 0.974. The third-order valence-electron chi connectivity index (χ3n) is 2.10. The van der Waals surface area contributed by atoms with E-state index in [-0.39, 0.29) is 0 Å². The van der Waals surface area contributed by atoms with Gasteiger partial charge in [-0.05, 0) is 30.7 Å². The number of rotatable bonds is 6. The minimum Gasteiger partial charge on any atom is -0.492 e. The molecular weight excluding hydrogens is 174 g/mol. The van der Waals surface area contributed by atoms with Crippen molar-refractivity contribution in [3.63, 3.8) is 0 Å². The zero-order chi connectivity index (χ0) is 10.2. The van der Waals surface area contributed by atoms with Gasteiger partial charge in [-0.25, -0.2) is 0 Å². The molecule has 2 nitrogen and oxygen atoms in total. The summed E-state index contributed by atoms with van der Waals surface area (Å²) in [6.45, 7) is 6.89. The smallest absolute Gasteiger partial charge is 0.119 e. The van der Waals surface area contributed by atoms with E-state index >= 15 is 0 Å². The summed E-state index contributed by atoms with van der Waals surface area (Å²) in [6.07, 6.45) is 1.06. The molecule has 1 aromatic carbocycles. The molecule has 14 heavy (non-hydrogen) atoms. The van der Waals surface area contributed by atoms with E-state index in [4.69, 9.17) is 4.74 Å². The van der Waals surface area contributed by atoms with Crippen LogP contribution in [0.4, 0.5) is 0 Å². The van der Waals surface area contributed by atoms with E-state index < -0.39 is 0 Å². The fourth-order valence-corrected chi connectivity index (χ4v) is 1.27. The predicted molar refractivity (Wildman–Crippen MR) is 59.9 cm³/mol. The second-order valence-corrected chi connectivity index (χ2v) is 3.20. The fourth-order valence-electron chi connectivity index (χ4n) is 1.27. The van der Waals surface area contributed by atoms with Gasteiger partial charge < -0.3 is 10.1 Å². The molecule has 78 valence electrons. The van der Waals surface area contributed by atoms with Gasteiger partial charge in [0.05, 0.1) is 0 Å². The van der Waals surface area contributed by atoms with Crippen LogP contribution >= 0.6 is 0 Å².